The van der Waals surface area contributed by atoms with Gasteiger partial charge in [0, 0.05) is 0 Å². The van der Waals surface area contributed by atoms with Crippen molar-refractivity contribution in [2.45, 2.75) is 18.6 Å². The zero-order chi connectivity index (χ0) is 13.8. The van der Waals surface area contributed by atoms with Gasteiger partial charge in [-0.2, -0.15) is 13.2 Å². The maximum absolute atomic E-state index is 12.6. The van der Waals surface area contributed by atoms with Crippen LogP contribution >= 0.6 is 0 Å². The molecule has 0 aliphatic heterocycles. The van der Waals surface area contributed by atoms with Crippen LogP contribution in [0.2, 0.25) is 0 Å². The lowest BCUT2D eigenvalue weighted by atomic mass is 10.1. The third-order valence-electron chi connectivity index (χ3n) is 2.11. The van der Waals surface area contributed by atoms with Gasteiger partial charge in [-0.05, 0) is 24.1 Å². The predicted molar refractivity (Wildman–Crippen MR) is 54.2 cm³/mol. The molecule has 0 saturated carbocycles. The minimum atomic E-state index is -5.04. The van der Waals surface area contributed by atoms with Crippen molar-refractivity contribution in [2.75, 3.05) is 0 Å². The van der Waals surface area contributed by atoms with Crippen LogP contribution in [-0.4, -0.2) is 24.4 Å². The number of halogens is 4. The molecule has 0 fully saturated rings. The highest BCUT2D eigenvalue weighted by Gasteiger charge is 2.39. The van der Waals surface area contributed by atoms with Gasteiger partial charge < -0.3 is 10.1 Å². The molecule has 0 aromatic heterocycles. The van der Waals surface area contributed by atoms with E-state index in [2.05, 4.69) is 0 Å². The van der Waals surface area contributed by atoms with E-state index in [-0.39, 0.29) is 12.7 Å². The summed E-state index contributed by atoms with van der Waals surface area (Å²) in [6, 6.07) is 3.58. The lowest BCUT2D eigenvalue weighted by Crippen LogP contribution is -2.44. The van der Waals surface area contributed by atoms with Crippen molar-refractivity contribution in [3.05, 3.63) is 35.6 Å². The van der Waals surface area contributed by atoms with E-state index in [4.69, 9.17) is 0 Å². The van der Waals surface area contributed by atoms with Gasteiger partial charge in [-0.1, -0.05) is 12.1 Å². The van der Waals surface area contributed by atoms with Crippen LogP contribution in [0.5, 0.6) is 0 Å². The van der Waals surface area contributed by atoms with Gasteiger partial charge in [0.25, 0.3) is 0 Å². The quantitative estimate of drug-likeness (QED) is 0.662. The van der Waals surface area contributed by atoms with Crippen molar-refractivity contribution < 1.29 is 27.2 Å². The van der Waals surface area contributed by atoms with Gasteiger partial charge in [0.2, 0.25) is 0 Å². The first kappa shape index (κ1) is 14.1. The average Bonchev–Trinajstić information content (AvgIpc) is 2.29. The van der Waals surface area contributed by atoms with E-state index >= 15 is 0 Å². The summed E-state index contributed by atoms with van der Waals surface area (Å²) in [5.41, 5.74) is 0.441. The monoisotopic (exact) mass is 263 g/mol. The number of hydrogen-bond acceptors (Lipinski definition) is 2. The molecule has 1 N–H and O–H groups in total. The molecule has 1 rings (SSSR count). The normalized spacial score (nSPS) is 12.9. The standard InChI is InChI=1S/C11H9F4NO2/c12-8-3-1-7(2-4-8)5-9(6-17)16-10(18)11(13,14)15/h1-4,6,9H,5H2,(H,16,18). The Morgan fingerprint density at radius 3 is 2.28 bits per heavy atom. The van der Waals surface area contributed by atoms with Crippen molar-refractivity contribution >= 4 is 12.2 Å². The summed E-state index contributed by atoms with van der Waals surface area (Å²) in [7, 11) is 0. The van der Waals surface area contributed by atoms with Gasteiger partial charge >= 0.3 is 12.1 Å². The van der Waals surface area contributed by atoms with E-state index in [0.717, 1.165) is 12.1 Å². The smallest absolute Gasteiger partial charge is 0.338 e. The molecular formula is C11H9F4NO2. The number of hydrogen-bond donors (Lipinski definition) is 1. The summed E-state index contributed by atoms with van der Waals surface area (Å²) in [5.74, 6) is -2.68. The molecule has 98 valence electrons. The molecule has 0 heterocycles. The number of carbonyl (C=O) groups excluding carboxylic acids is 2. The van der Waals surface area contributed by atoms with E-state index < -0.39 is 23.9 Å². The van der Waals surface area contributed by atoms with E-state index in [0.29, 0.717) is 5.56 Å². The zero-order valence-electron chi connectivity index (χ0n) is 9.00. The first-order chi connectivity index (χ1) is 8.32. The molecule has 3 nitrogen and oxygen atoms in total. The van der Waals surface area contributed by atoms with Crippen LogP contribution < -0.4 is 5.32 Å². The van der Waals surface area contributed by atoms with Gasteiger partial charge in [-0.15, -0.1) is 0 Å². The third kappa shape index (κ3) is 4.15. The topological polar surface area (TPSA) is 46.2 Å². The minimum absolute atomic E-state index is 0.133. The van der Waals surface area contributed by atoms with E-state index in [1.165, 1.54) is 12.1 Å². The van der Waals surface area contributed by atoms with Gasteiger partial charge in [0.1, 0.15) is 12.1 Å². The number of amides is 1. The second kappa shape index (κ2) is 5.61. The molecule has 7 heteroatoms. The first-order valence-electron chi connectivity index (χ1n) is 4.90. The molecule has 1 atom stereocenters. The van der Waals surface area contributed by atoms with Crippen LogP contribution in [0.3, 0.4) is 0 Å². The van der Waals surface area contributed by atoms with Crippen molar-refractivity contribution in [1.82, 2.24) is 5.32 Å². The number of rotatable bonds is 4. The Morgan fingerprint density at radius 2 is 1.83 bits per heavy atom. The fraction of sp³-hybridized carbons (Fsp3) is 0.273. The summed E-state index contributed by atoms with van der Waals surface area (Å²) in [5, 5.41) is 1.54. The number of aldehydes is 1. The van der Waals surface area contributed by atoms with Crippen LogP contribution in [0, 0.1) is 5.82 Å². The Kier molecular flexibility index (Phi) is 4.41. The summed E-state index contributed by atoms with van der Waals surface area (Å²) in [4.78, 5) is 21.2. The number of carbonyl (C=O) groups is 2. The van der Waals surface area contributed by atoms with Gasteiger partial charge in [0.05, 0.1) is 6.04 Å². The van der Waals surface area contributed by atoms with Crippen LogP contribution in [0.4, 0.5) is 17.6 Å². The molecular weight excluding hydrogens is 254 g/mol. The summed E-state index contributed by atoms with van der Waals surface area (Å²) in [6.07, 6.45) is -4.97. The summed E-state index contributed by atoms with van der Waals surface area (Å²) in [6.45, 7) is 0. The summed E-state index contributed by atoms with van der Waals surface area (Å²) >= 11 is 0. The van der Waals surface area contributed by atoms with Crippen LogP contribution in [0.1, 0.15) is 5.56 Å². The Bertz CT molecular complexity index is 428. The molecule has 0 saturated heterocycles. The van der Waals surface area contributed by atoms with Crippen LogP contribution in [0.25, 0.3) is 0 Å². The third-order valence-corrected chi connectivity index (χ3v) is 2.11. The second-order valence-corrected chi connectivity index (χ2v) is 3.54. The van der Waals surface area contributed by atoms with Crippen molar-refractivity contribution in [3.63, 3.8) is 0 Å². The predicted octanol–water partition coefficient (Wildman–Crippen LogP) is 1.61. The Labute approximate surface area is 99.8 Å². The molecule has 0 radical (unpaired) electrons. The van der Waals surface area contributed by atoms with E-state index in [1.807, 2.05) is 0 Å². The van der Waals surface area contributed by atoms with Crippen LogP contribution in [0.15, 0.2) is 24.3 Å². The molecule has 0 aliphatic carbocycles. The molecule has 0 bridgehead atoms. The Balaban J connectivity index is 2.65. The average molecular weight is 263 g/mol. The van der Waals surface area contributed by atoms with Crippen molar-refractivity contribution in [3.8, 4) is 0 Å². The minimum Gasteiger partial charge on any atom is -0.338 e. The molecule has 0 spiro atoms. The number of nitrogens with one attached hydrogen (secondary N) is 1. The highest BCUT2D eigenvalue weighted by atomic mass is 19.4. The van der Waals surface area contributed by atoms with Gasteiger partial charge in [-0.3, -0.25) is 4.79 Å². The fourth-order valence-electron chi connectivity index (χ4n) is 1.26. The Morgan fingerprint density at radius 1 is 1.28 bits per heavy atom. The maximum atomic E-state index is 12.6. The second-order valence-electron chi connectivity index (χ2n) is 3.54. The molecule has 0 aliphatic rings. The van der Waals surface area contributed by atoms with E-state index in [9.17, 15) is 27.2 Å². The van der Waals surface area contributed by atoms with Gasteiger partial charge in [0.15, 0.2) is 0 Å². The number of alkyl halides is 3. The zero-order valence-corrected chi connectivity index (χ0v) is 9.00. The van der Waals surface area contributed by atoms with Gasteiger partial charge in [-0.25, -0.2) is 4.39 Å². The number of benzene rings is 1. The molecule has 1 aromatic rings. The first-order valence-corrected chi connectivity index (χ1v) is 4.90. The Hall–Kier alpha value is -1.92. The van der Waals surface area contributed by atoms with E-state index in [1.54, 1.807) is 5.32 Å². The summed E-state index contributed by atoms with van der Waals surface area (Å²) < 4.78 is 48.5. The maximum Gasteiger partial charge on any atom is 0.471 e. The molecule has 1 unspecified atom stereocenters. The van der Waals surface area contributed by atoms with Crippen molar-refractivity contribution in [2.24, 2.45) is 0 Å². The lowest BCUT2D eigenvalue weighted by Gasteiger charge is -2.14. The molecule has 1 amide bonds. The largest absolute Gasteiger partial charge is 0.471 e. The highest BCUT2D eigenvalue weighted by Crippen LogP contribution is 2.15. The fourth-order valence-corrected chi connectivity index (χ4v) is 1.26. The molecule has 18 heavy (non-hydrogen) atoms. The molecule has 1 aromatic carbocycles. The van der Waals surface area contributed by atoms with Crippen LogP contribution in [-0.2, 0) is 16.0 Å². The SMILES string of the molecule is O=CC(Cc1ccc(F)cc1)NC(=O)C(F)(F)F. The lowest BCUT2D eigenvalue weighted by molar-refractivity contribution is -0.174. The highest BCUT2D eigenvalue weighted by molar-refractivity contribution is 5.84. The van der Waals surface area contributed by atoms with Crippen molar-refractivity contribution in [1.29, 1.82) is 0 Å².